The normalized spacial score (nSPS) is 12.4. The van der Waals surface area contributed by atoms with Gasteiger partial charge in [-0.2, -0.15) is 0 Å². The lowest BCUT2D eigenvalue weighted by molar-refractivity contribution is 0.292. The van der Waals surface area contributed by atoms with E-state index in [1.54, 1.807) is 37.5 Å². The highest BCUT2D eigenvalue weighted by molar-refractivity contribution is 7.89. The van der Waals surface area contributed by atoms with E-state index < -0.39 is 10.0 Å². The molecule has 5 nitrogen and oxygen atoms in total. The van der Waals surface area contributed by atoms with Crippen LogP contribution in [0, 0.1) is 12.3 Å². The number of fused-ring (bicyclic) bond motifs is 1. The number of aromatic nitrogens is 1. The molecular weight excluding hydrogens is 334 g/mol. The van der Waals surface area contributed by atoms with Gasteiger partial charge in [-0.15, -0.1) is 12.4 Å². The first-order valence-corrected chi connectivity index (χ1v) is 8.64. The van der Waals surface area contributed by atoms with Crippen LogP contribution in [0.15, 0.2) is 35.4 Å². The number of sulfonamides is 1. The molecule has 128 valence electrons. The molecule has 0 atom stereocenters. The van der Waals surface area contributed by atoms with E-state index in [0.29, 0.717) is 18.5 Å². The number of halogens is 1. The Labute approximate surface area is 144 Å². The zero-order valence-corrected chi connectivity index (χ0v) is 15.5. The van der Waals surface area contributed by atoms with Gasteiger partial charge in [0.2, 0.25) is 10.0 Å². The van der Waals surface area contributed by atoms with Crippen molar-refractivity contribution in [2.24, 2.45) is 11.1 Å². The average molecular weight is 358 g/mol. The Morgan fingerprint density at radius 2 is 1.91 bits per heavy atom. The Morgan fingerprint density at radius 1 is 1.26 bits per heavy atom. The minimum absolute atomic E-state index is 0. The molecular formula is C16H24ClN3O2S. The first kappa shape index (κ1) is 19.8. The van der Waals surface area contributed by atoms with E-state index in [0.717, 1.165) is 11.1 Å². The van der Waals surface area contributed by atoms with Crippen molar-refractivity contribution < 1.29 is 8.42 Å². The Bertz CT molecular complexity index is 791. The van der Waals surface area contributed by atoms with Gasteiger partial charge < -0.3 is 5.73 Å². The topological polar surface area (TPSA) is 76.3 Å². The van der Waals surface area contributed by atoms with E-state index in [9.17, 15) is 8.42 Å². The molecule has 0 amide bonds. The van der Waals surface area contributed by atoms with Gasteiger partial charge in [-0.25, -0.2) is 12.7 Å². The van der Waals surface area contributed by atoms with Crippen LogP contribution in [0.5, 0.6) is 0 Å². The van der Waals surface area contributed by atoms with Crippen LogP contribution < -0.4 is 5.73 Å². The average Bonchev–Trinajstić information content (AvgIpc) is 2.47. The molecule has 2 aromatic rings. The molecule has 1 heterocycles. The Kier molecular flexibility index (Phi) is 6.15. The molecule has 1 aromatic heterocycles. The number of nitrogens with two attached hydrogens (primary N) is 1. The van der Waals surface area contributed by atoms with Gasteiger partial charge in [0.1, 0.15) is 0 Å². The molecule has 23 heavy (non-hydrogen) atoms. The maximum Gasteiger partial charge on any atom is 0.243 e. The van der Waals surface area contributed by atoms with Crippen LogP contribution in [-0.2, 0) is 10.0 Å². The van der Waals surface area contributed by atoms with Gasteiger partial charge in [0.15, 0.2) is 0 Å². The number of hydrogen-bond donors (Lipinski definition) is 1. The maximum atomic E-state index is 12.9. The molecule has 1 aromatic carbocycles. The summed E-state index contributed by atoms with van der Waals surface area (Å²) in [5.74, 6) is 0. The van der Waals surface area contributed by atoms with E-state index in [-0.39, 0.29) is 22.7 Å². The van der Waals surface area contributed by atoms with Gasteiger partial charge in [0.05, 0.1) is 10.4 Å². The molecule has 0 spiro atoms. The lowest BCUT2D eigenvalue weighted by Crippen LogP contribution is -2.39. The summed E-state index contributed by atoms with van der Waals surface area (Å²) in [5.41, 5.74) is 7.11. The fraction of sp³-hybridized carbons (Fsp3) is 0.438. The third-order valence-electron chi connectivity index (χ3n) is 3.82. The maximum absolute atomic E-state index is 12.9. The zero-order chi connectivity index (χ0) is 16.5. The summed E-state index contributed by atoms with van der Waals surface area (Å²) >= 11 is 0. The van der Waals surface area contributed by atoms with Crippen molar-refractivity contribution in [3.05, 3.63) is 36.0 Å². The monoisotopic (exact) mass is 357 g/mol. The van der Waals surface area contributed by atoms with Crippen molar-refractivity contribution in [1.82, 2.24) is 9.29 Å². The highest BCUT2D eigenvalue weighted by Gasteiger charge is 2.28. The zero-order valence-electron chi connectivity index (χ0n) is 13.9. The molecule has 2 N–H and O–H groups in total. The molecule has 0 unspecified atom stereocenters. The molecule has 0 aliphatic rings. The first-order valence-electron chi connectivity index (χ1n) is 7.20. The highest BCUT2D eigenvalue weighted by Crippen LogP contribution is 2.27. The van der Waals surface area contributed by atoms with E-state index in [4.69, 9.17) is 5.73 Å². The third-order valence-corrected chi connectivity index (χ3v) is 5.68. The van der Waals surface area contributed by atoms with Gasteiger partial charge >= 0.3 is 0 Å². The van der Waals surface area contributed by atoms with E-state index in [1.165, 1.54) is 4.31 Å². The fourth-order valence-electron chi connectivity index (χ4n) is 2.43. The summed E-state index contributed by atoms with van der Waals surface area (Å²) < 4.78 is 27.2. The lowest BCUT2D eigenvalue weighted by atomic mass is 9.94. The Morgan fingerprint density at radius 3 is 2.52 bits per heavy atom. The first-order chi connectivity index (χ1) is 10.2. The lowest BCUT2D eigenvalue weighted by Gasteiger charge is -2.28. The summed E-state index contributed by atoms with van der Waals surface area (Å²) in [6, 6.07) is 7.00. The summed E-state index contributed by atoms with van der Waals surface area (Å²) in [6.45, 7) is 6.61. The smallest absolute Gasteiger partial charge is 0.243 e. The van der Waals surface area contributed by atoms with Crippen LogP contribution >= 0.6 is 12.4 Å². The number of benzene rings is 1. The summed E-state index contributed by atoms with van der Waals surface area (Å²) in [7, 11) is -2.00. The summed E-state index contributed by atoms with van der Waals surface area (Å²) in [4.78, 5) is 4.59. The van der Waals surface area contributed by atoms with Crippen molar-refractivity contribution in [2.75, 3.05) is 20.1 Å². The predicted molar refractivity (Wildman–Crippen MR) is 96.4 cm³/mol. The minimum atomic E-state index is -3.59. The summed E-state index contributed by atoms with van der Waals surface area (Å²) in [6.07, 6.45) is 1.67. The van der Waals surface area contributed by atoms with Crippen molar-refractivity contribution in [3.8, 4) is 0 Å². The van der Waals surface area contributed by atoms with E-state index in [1.807, 2.05) is 20.8 Å². The predicted octanol–water partition coefficient (Wildman–Crippen LogP) is 2.57. The van der Waals surface area contributed by atoms with Crippen molar-refractivity contribution >= 4 is 33.3 Å². The summed E-state index contributed by atoms with van der Waals surface area (Å²) in [5, 5.41) is 0.653. The number of hydrogen-bond acceptors (Lipinski definition) is 4. The standard InChI is InChI=1S/C16H23N3O2S.ClH/c1-12-7-8-14(13-6-5-9-18-15(12)13)22(20,21)19(4)11-16(2,3)10-17;/h5-9H,10-11,17H2,1-4H3;1H. The number of nitrogens with zero attached hydrogens (tertiary/aromatic N) is 2. The van der Waals surface area contributed by atoms with Crippen LogP contribution in [0.1, 0.15) is 19.4 Å². The molecule has 0 bridgehead atoms. The second kappa shape index (κ2) is 7.13. The highest BCUT2D eigenvalue weighted by atomic mass is 35.5. The second-order valence-corrected chi connectivity index (χ2v) is 8.42. The molecule has 0 aliphatic heterocycles. The van der Waals surface area contributed by atoms with Gasteiger partial charge in [0, 0.05) is 25.2 Å². The Hall–Kier alpha value is -1.21. The number of rotatable bonds is 5. The molecule has 0 fully saturated rings. The van der Waals surface area contributed by atoms with Gasteiger partial charge in [-0.05, 0) is 42.6 Å². The molecule has 7 heteroatoms. The van der Waals surface area contributed by atoms with Gasteiger partial charge in [-0.1, -0.05) is 19.9 Å². The molecule has 0 saturated carbocycles. The van der Waals surface area contributed by atoms with Gasteiger partial charge in [0.25, 0.3) is 0 Å². The largest absolute Gasteiger partial charge is 0.330 e. The molecule has 0 aliphatic carbocycles. The third kappa shape index (κ3) is 4.01. The van der Waals surface area contributed by atoms with Crippen LogP contribution in [0.25, 0.3) is 10.9 Å². The SMILES string of the molecule is Cc1ccc(S(=O)(=O)N(C)CC(C)(C)CN)c2cccnc12.Cl. The molecule has 0 radical (unpaired) electrons. The number of aryl methyl sites for hydroxylation is 1. The Balaban J connectivity index is 0.00000264. The van der Waals surface area contributed by atoms with E-state index >= 15 is 0 Å². The van der Waals surface area contributed by atoms with Crippen LogP contribution in [0.3, 0.4) is 0 Å². The van der Waals surface area contributed by atoms with Crippen LogP contribution in [0.4, 0.5) is 0 Å². The van der Waals surface area contributed by atoms with Crippen molar-refractivity contribution in [3.63, 3.8) is 0 Å². The molecule has 0 saturated heterocycles. The van der Waals surface area contributed by atoms with Crippen LogP contribution in [0.2, 0.25) is 0 Å². The number of pyridine rings is 1. The van der Waals surface area contributed by atoms with E-state index in [2.05, 4.69) is 4.98 Å². The van der Waals surface area contributed by atoms with Gasteiger partial charge in [-0.3, -0.25) is 4.98 Å². The fourth-order valence-corrected chi connectivity index (χ4v) is 3.97. The molecule has 2 rings (SSSR count). The second-order valence-electron chi connectivity index (χ2n) is 6.41. The van der Waals surface area contributed by atoms with Crippen molar-refractivity contribution in [2.45, 2.75) is 25.7 Å². The minimum Gasteiger partial charge on any atom is -0.330 e. The van der Waals surface area contributed by atoms with Crippen molar-refractivity contribution in [1.29, 1.82) is 0 Å². The van der Waals surface area contributed by atoms with Crippen LogP contribution in [-0.4, -0.2) is 37.8 Å². The quantitative estimate of drug-likeness (QED) is 0.892.